The quantitative estimate of drug-likeness (QED) is 0.670. The van der Waals surface area contributed by atoms with Gasteiger partial charge in [0.1, 0.15) is 10.9 Å². The average Bonchev–Trinajstić information content (AvgIpc) is 3.03. The molecule has 0 bridgehead atoms. The van der Waals surface area contributed by atoms with E-state index in [0.717, 1.165) is 22.8 Å². The average molecular weight is 351 g/mol. The van der Waals surface area contributed by atoms with Crippen LogP contribution in [-0.2, 0) is 4.79 Å². The number of hydrogen-bond acceptors (Lipinski definition) is 5. The highest BCUT2D eigenvalue weighted by Crippen LogP contribution is 2.27. The van der Waals surface area contributed by atoms with Gasteiger partial charge in [-0.25, -0.2) is 4.98 Å². The third-order valence-corrected chi connectivity index (χ3v) is 4.30. The highest BCUT2D eigenvalue weighted by atomic mass is 32.2. The minimum Gasteiger partial charge on any atom is -0.436 e. The summed E-state index contributed by atoms with van der Waals surface area (Å²) in [7, 11) is 0. The van der Waals surface area contributed by atoms with Crippen LogP contribution in [-0.4, -0.2) is 16.6 Å². The number of anilines is 1. The number of nitrogens with one attached hydrogen (secondary N) is 1. The van der Waals surface area contributed by atoms with E-state index >= 15 is 0 Å². The van der Waals surface area contributed by atoms with Crippen molar-refractivity contribution in [3.8, 4) is 16.9 Å². The minimum absolute atomic E-state index is 0.0956. The third kappa shape index (κ3) is 4.01. The zero-order valence-electron chi connectivity index (χ0n) is 13.9. The molecule has 2 aromatic carbocycles. The molecule has 1 heterocycles. The Kier molecular flexibility index (Phi) is 5.05. The first kappa shape index (κ1) is 17.1. The van der Waals surface area contributed by atoms with Crippen LogP contribution in [0.4, 0.5) is 5.69 Å². The normalized spacial score (nSPS) is 10.8. The number of thiocyanates is 1. The van der Waals surface area contributed by atoms with Gasteiger partial charge in [0.05, 0.1) is 5.75 Å². The van der Waals surface area contributed by atoms with E-state index < -0.39 is 0 Å². The SMILES string of the molecule is CC(C)c1ccc(-c2nc3ccc(NC(=O)CSC#N)cc3o2)cc1. The Balaban J connectivity index is 1.82. The Morgan fingerprint density at radius 2 is 2.04 bits per heavy atom. The molecule has 0 aliphatic heterocycles. The molecular formula is C19H17N3O2S. The second-order valence-corrected chi connectivity index (χ2v) is 6.67. The number of fused-ring (bicyclic) bond motifs is 1. The Morgan fingerprint density at radius 1 is 1.28 bits per heavy atom. The molecule has 0 atom stereocenters. The van der Waals surface area contributed by atoms with Crippen LogP contribution in [0.1, 0.15) is 25.3 Å². The largest absolute Gasteiger partial charge is 0.436 e. The van der Waals surface area contributed by atoms with E-state index in [9.17, 15) is 4.79 Å². The molecule has 0 radical (unpaired) electrons. The van der Waals surface area contributed by atoms with Gasteiger partial charge >= 0.3 is 0 Å². The Morgan fingerprint density at radius 3 is 2.72 bits per heavy atom. The number of carbonyl (C=O) groups is 1. The fourth-order valence-corrected chi connectivity index (χ4v) is 2.70. The molecule has 25 heavy (non-hydrogen) atoms. The van der Waals surface area contributed by atoms with Crippen molar-refractivity contribution in [2.75, 3.05) is 11.1 Å². The van der Waals surface area contributed by atoms with Crippen molar-refractivity contribution in [1.82, 2.24) is 4.98 Å². The Bertz CT molecular complexity index is 939. The molecule has 0 aliphatic carbocycles. The molecule has 0 aliphatic rings. The van der Waals surface area contributed by atoms with Crippen molar-refractivity contribution >= 4 is 34.5 Å². The Labute approximate surface area is 150 Å². The van der Waals surface area contributed by atoms with Gasteiger partial charge in [-0.2, -0.15) is 5.26 Å². The molecule has 3 aromatic rings. The van der Waals surface area contributed by atoms with Crippen molar-refractivity contribution in [3.05, 3.63) is 48.0 Å². The number of hydrogen-bond donors (Lipinski definition) is 1. The second-order valence-electron chi connectivity index (χ2n) is 5.91. The second kappa shape index (κ2) is 7.41. The molecule has 0 unspecified atom stereocenters. The summed E-state index contributed by atoms with van der Waals surface area (Å²) in [6.45, 7) is 4.30. The highest BCUT2D eigenvalue weighted by molar-refractivity contribution is 8.04. The summed E-state index contributed by atoms with van der Waals surface area (Å²) in [5.41, 5.74) is 4.13. The monoisotopic (exact) mass is 351 g/mol. The number of benzene rings is 2. The lowest BCUT2D eigenvalue weighted by atomic mass is 10.0. The lowest BCUT2D eigenvalue weighted by Crippen LogP contribution is -2.13. The number of oxazole rings is 1. The molecule has 6 heteroatoms. The van der Waals surface area contributed by atoms with Crippen molar-refractivity contribution in [1.29, 1.82) is 5.26 Å². The zero-order valence-corrected chi connectivity index (χ0v) is 14.8. The summed E-state index contributed by atoms with van der Waals surface area (Å²) < 4.78 is 5.84. The molecule has 1 aromatic heterocycles. The topological polar surface area (TPSA) is 78.9 Å². The number of amides is 1. The first-order valence-corrected chi connectivity index (χ1v) is 8.87. The number of nitrogens with zero attached hydrogens (tertiary/aromatic N) is 2. The van der Waals surface area contributed by atoms with E-state index in [1.54, 1.807) is 18.2 Å². The summed E-state index contributed by atoms with van der Waals surface area (Å²) in [5, 5.41) is 13.1. The van der Waals surface area contributed by atoms with Crippen molar-refractivity contribution in [3.63, 3.8) is 0 Å². The van der Waals surface area contributed by atoms with Crippen LogP contribution >= 0.6 is 11.8 Å². The summed E-state index contributed by atoms with van der Waals surface area (Å²) in [6.07, 6.45) is 0. The third-order valence-electron chi connectivity index (χ3n) is 3.76. The summed E-state index contributed by atoms with van der Waals surface area (Å²) in [5.74, 6) is 0.894. The van der Waals surface area contributed by atoms with E-state index in [1.165, 1.54) is 5.56 Å². The lowest BCUT2D eigenvalue weighted by molar-refractivity contribution is -0.113. The van der Waals surface area contributed by atoms with E-state index in [-0.39, 0.29) is 11.7 Å². The van der Waals surface area contributed by atoms with Gasteiger partial charge in [0.2, 0.25) is 11.8 Å². The predicted octanol–water partition coefficient (Wildman–Crippen LogP) is 4.77. The smallest absolute Gasteiger partial charge is 0.235 e. The van der Waals surface area contributed by atoms with Crippen LogP contribution in [0.5, 0.6) is 0 Å². The summed E-state index contributed by atoms with van der Waals surface area (Å²) in [4.78, 5) is 16.2. The highest BCUT2D eigenvalue weighted by Gasteiger charge is 2.10. The number of thioether (sulfide) groups is 1. The van der Waals surface area contributed by atoms with Gasteiger partial charge in [-0.3, -0.25) is 4.79 Å². The zero-order chi connectivity index (χ0) is 17.8. The fourth-order valence-electron chi connectivity index (χ4n) is 2.43. The van der Waals surface area contributed by atoms with E-state index in [0.29, 0.717) is 23.1 Å². The molecule has 126 valence electrons. The first-order chi connectivity index (χ1) is 12.1. The fraction of sp³-hybridized carbons (Fsp3) is 0.211. The summed E-state index contributed by atoms with van der Waals surface area (Å²) in [6, 6.07) is 13.5. The molecule has 0 spiro atoms. The minimum atomic E-state index is -0.227. The van der Waals surface area contributed by atoms with Gasteiger partial charge in [0.15, 0.2) is 5.58 Å². The molecule has 0 saturated carbocycles. The van der Waals surface area contributed by atoms with Gasteiger partial charge in [-0.05, 0) is 47.5 Å². The van der Waals surface area contributed by atoms with Gasteiger partial charge in [0.25, 0.3) is 0 Å². The van der Waals surface area contributed by atoms with Crippen molar-refractivity contribution < 1.29 is 9.21 Å². The lowest BCUT2D eigenvalue weighted by Gasteiger charge is -2.04. The number of aromatic nitrogens is 1. The summed E-state index contributed by atoms with van der Waals surface area (Å²) >= 11 is 0.901. The molecule has 0 fully saturated rings. The van der Waals surface area contributed by atoms with E-state index in [2.05, 4.69) is 36.3 Å². The molecule has 5 nitrogen and oxygen atoms in total. The van der Waals surface area contributed by atoms with Crippen LogP contribution in [0.25, 0.3) is 22.6 Å². The van der Waals surface area contributed by atoms with E-state index in [1.807, 2.05) is 17.5 Å². The molecule has 0 saturated heterocycles. The van der Waals surface area contributed by atoms with Gasteiger partial charge in [-0.15, -0.1) is 0 Å². The molecular weight excluding hydrogens is 334 g/mol. The van der Waals surface area contributed by atoms with Gasteiger partial charge in [-0.1, -0.05) is 26.0 Å². The maximum absolute atomic E-state index is 11.7. The van der Waals surface area contributed by atoms with Gasteiger partial charge in [0, 0.05) is 17.3 Å². The van der Waals surface area contributed by atoms with Crippen molar-refractivity contribution in [2.45, 2.75) is 19.8 Å². The van der Waals surface area contributed by atoms with Crippen LogP contribution in [0.2, 0.25) is 0 Å². The first-order valence-electron chi connectivity index (χ1n) is 7.88. The van der Waals surface area contributed by atoms with Crippen LogP contribution in [0.15, 0.2) is 46.9 Å². The molecule has 1 amide bonds. The number of rotatable bonds is 5. The van der Waals surface area contributed by atoms with Gasteiger partial charge < -0.3 is 9.73 Å². The number of carbonyl (C=O) groups excluding carboxylic acids is 1. The maximum atomic E-state index is 11.7. The van der Waals surface area contributed by atoms with Crippen LogP contribution in [0, 0.1) is 10.7 Å². The van der Waals surface area contributed by atoms with Crippen LogP contribution in [0.3, 0.4) is 0 Å². The standard InChI is InChI=1S/C19H17N3O2S/c1-12(2)13-3-5-14(6-4-13)19-22-16-8-7-15(9-17(16)24-19)21-18(23)10-25-11-20/h3-9,12H,10H2,1-2H3,(H,21,23). The van der Waals surface area contributed by atoms with Crippen molar-refractivity contribution in [2.24, 2.45) is 0 Å². The van der Waals surface area contributed by atoms with E-state index in [4.69, 9.17) is 9.68 Å². The van der Waals surface area contributed by atoms with Crippen LogP contribution < -0.4 is 5.32 Å². The molecule has 3 rings (SSSR count). The Hall–Kier alpha value is -2.78. The molecule has 1 N–H and O–H groups in total. The maximum Gasteiger partial charge on any atom is 0.235 e. The predicted molar refractivity (Wildman–Crippen MR) is 100 cm³/mol. The number of nitriles is 1.